The fraction of sp³-hybridized carbons (Fsp3) is 0.400. The lowest BCUT2D eigenvalue weighted by molar-refractivity contribution is -0.121. The van der Waals surface area contributed by atoms with Gasteiger partial charge in [-0.15, -0.1) is 0 Å². The van der Waals surface area contributed by atoms with Gasteiger partial charge in [-0.2, -0.15) is 0 Å². The summed E-state index contributed by atoms with van der Waals surface area (Å²) in [6.45, 7) is 6.16. The highest BCUT2D eigenvalue weighted by atomic mass is 35.5. The van der Waals surface area contributed by atoms with E-state index in [1.165, 1.54) is 0 Å². The van der Waals surface area contributed by atoms with Gasteiger partial charge in [-0.1, -0.05) is 44.5 Å². The summed E-state index contributed by atoms with van der Waals surface area (Å²) in [7, 11) is 0. The van der Waals surface area contributed by atoms with Crippen LogP contribution in [-0.4, -0.2) is 5.78 Å². The molecular formula is C15H17ClO. The van der Waals surface area contributed by atoms with Crippen LogP contribution in [0.1, 0.15) is 32.8 Å². The molecule has 0 saturated heterocycles. The second-order valence-corrected chi connectivity index (χ2v) is 5.91. The van der Waals surface area contributed by atoms with Crippen molar-refractivity contribution in [1.82, 2.24) is 0 Å². The van der Waals surface area contributed by atoms with Crippen LogP contribution in [0.3, 0.4) is 0 Å². The summed E-state index contributed by atoms with van der Waals surface area (Å²) >= 11 is 5.84. The van der Waals surface area contributed by atoms with Crippen LogP contribution in [-0.2, 0) is 4.79 Å². The zero-order chi connectivity index (χ0) is 12.6. The van der Waals surface area contributed by atoms with E-state index in [-0.39, 0.29) is 11.2 Å². The molecule has 90 valence electrons. The number of allylic oxidation sites excluding steroid dienone is 1. The Bertz CT molecular complexity index is 468. The van der Waals surface area contributed by atoms with E-state index in [2.05, 4.69) is 6.92 Å². The molecule has 0 aromatic heterocycles. The molecule has 0 heterocycles. The highest BCUT2D eigenvalue weighted by Gasteiger charge is 2.40. The Hall–Kier alpha value is -1.08. The largest absolute Gasteiger partial charge is 0.294 e. The average molecular weight is 249 g/mol. The van der Waals surface area contributed by atoms with Crippen LogP contribution < -0.4 is 0 Å². The number of ketones is 1. The zero-order valence-electron chi connectivity index (χ0n) is 10.5. The van der Waals surface area contributed by atoms with Gasteiger partial charge in [0.15, 0.2) is 5.78 Å². The number of hydrogen-bond acceptors (Lipinski definition) is 1. The number of rotatable bonds is 1. The molecular weight excluding hydrogens is 232 g/mol. The van der Waals surface area contributed by atoms with Crippen molar-refractivity contribution in [3.8, 4) is 0 Å². The molecule has 2 rings (SSSR count). The van der Waals surface area contributed by atoms with Gasteiger partial charge in [-0.25, -0.2) is 0 Å². The first-order valence-corrected chi connectivity index (χ1v) is 6.30. The van der Waals surface area contributed by atoms with E-state index in [9.17, 15) is 4.79 Å². The molecule has 1 saturated carbocycles. The molecule has 0 N–H and O–H groups in total. The van der Waals surface area contributed by atoms with Gasteiger partial charge in [-0.3, -0.25) is 4.79 Å². The predicted octanol–water partition coefficient (Wildman–Crippen LogP) is 4.36. The summed E-state index contributed by atoms with van der Waals surface area (Å²) in [6.07, 6.45) is 2.93. The molecule has 0 amide bonds. The molecule has 0 spiro atoms. The lowest BCUT2D eigenvalue weighted by Crippen LogP contribution is -2.17. The monoisotopic (exact) mass is 248 g/mol. The molecule has 0 aliphatic heterocycles. The molecule has 2 heteroatoms. The Morgan fingerprint density at radius 2 is 1.88 bits per heavy atom. The Labute approximate surface area is 107 Å². The van der Waals surface area contributed by atoms with Gasteiger partial charge in [0.2, 0.25) is 0 Å². The van der Waals surface area contributed by atoms with E-state index >= 15 is 0 Å². The van der Waals surface area contributed by atoms with Crippen LogP contribution in [0.2, 0.25) is 5.02 Å². The maximum atomic E-state index is 12.2. The maximum absolute atomic E-state index is 12.2. The number of halogens is 1. The number of carbonyl (C=O) groups excluding carboxylic acids is 1. The molecule has 17 heavy (non-hydrogen) atoms. The third kappa shape index (κ3) is 2.44. The van der Waals surface area contributed by atoms with Crippen molar-refractivity contribution in [2.45, 2.75) is 27.2 Å². The summed E-state index contributed by atoms with van der Waals surface area (Å²) in [6, 6.07) is 7.59. The SMILES string of the molecule is CC1CC(C)(C)C(=O)/C1=C\c1ccc(Cl)cc1. The number of Topliss-reactive ketones (excluding diaryl/α,β-unsaturated/α-hetero) is 1. The first-order chi connectivity index (χ1) is 7.90. The number of hydrogen-bond donors (Lipinski definition) is 0. The first kappa shape index (κ1) is 12.4. The minimum Gasteiger partial charge on any atom is -0.294 e. The van der Waals surface area contributed by atoms with Gasteiger partial charge in [0, 0.05) is 10.4 Å². The van der Waals surface area contributed by atoms with E-state index < -0.39 is 0 Å². The van der Waals surface area contributed by atoms with Crippen molar-refractivity contribution in [3.05, 3.63) is 40.4 Å². The quantitative estimate of drug-likeness (QED) is 0.675. The molecule has 1 aromatic rings. The van der Waals surface area contributed by atoms with E-state index in [1.807, 2.05) is 44.2 Å². The Morgan fingerprint density at radius 3 is 2.35 bits per heavy atom. The van der Waals surface area contributed by atoms with Crippen LogP contribution in [0.15, 0.2) is 29.8 Å². The third-order valence-electron chi connectivity index (χ3n) is 3.42. The molecule has 1 unspecified atom stereocenters. The predicted molar refractivity (Wildman–Crippen MR) is 72.0 cm³/mol. The second kappa shape index (κ2) is 4.30. The van der Waals surface area contributed by atoms with Crippen molar-refractivity contribution in [3.63, 3.8) is 0 Å². The number of carbonyl (C=O) groups is 1. The Balaban J connectivity index is 2.34. The topological polar surface area (TPSA) is 17.1 Å². The summed E-state index contributed by atoms with van der Waals surface area (Å²) in [5.41, 5.74) is 1.78. The fourth-order valence-corrected chi connectivity index (χ4v) is 2.66. The smallest absolute Gasteiger partial charge is 0.164 e. The maximum Gasteiger partial charge on any atom is 0.164 e. The lowest BCUT2D eigenvalue weighted by Gasteiger charge is -2.12. The summed E-state index contributed by atoms with van der Waals surface area (Å²) < 4.78 is 0. The van der Waals surface area contributed by atoms with Crippen LogP contribution in [0.4, 0.5) is 0 Å². The van der Waals surface area contributed by atoms with Gasteiger partial charge in [-0.05, 0) is 41.7 Å². The Kier molecular flexibility index (Phi) is 3.13. The normalized spacial score (nSPS) is 25.5. The van der Waals surface area contributed by atoms with Gasteiger partial charge in [0.1, 0.15) is 0 Å². The third-order valence-corrected chi connectivity index (χ3v) is 3.67. The van der Waals surface area contributed by atoms with E-state index in [4.69, 9.17) is 11.6 Å². The van der Waals surface area contributed by atoms with Gasteiger partial charge < -0.3 is 0 Å². The molecule has 0 bridgehead atoms. The molecule has 0 radical (unpaired) electrons. The van der Waals surface area contributed by atoms with Crippen molar-refractivity contribution in [2.75, 3.05) is 0 Å². The molecule has 1 aliphatic carbocycles. The summed E-state index contributed by atoms with van der Waals surface area (Å²) in [5, 5.41) is 0.721. The van der Waals surface area contributed by atoms with Gasteiger partial charge in [0.05, 0.1) is 0 Å². The highest BCUT2D eigenvalue weighted by molar-refractivity contribution is 6.30. The summed E-state index contributed by atoms with van der Waals surface area (Å²) in [5.74, 6) is 0.619. The average Bonchev–Trinajstić information content (AvgIpc) is 2.44. The van der Waals surface area contributed by atoms with Crippen molar-refractivity contribution in [1.29, 1.82) is 0 Å². The van der Waals surface area contributed by atoms with Crippen LogP contribution in [0.5, 0.6) is 0 Å². The minimum atomic E-state index is -0.211. The van der Waals surface area contributed by atoms with Crippen LogP contribution >= 0.6 is 11.6 Å². The molecule has 1 atom stereocenters. The first-order valence-electron chi connectivity index (χ1n) is 5.92. The fourth-order valence-electron chi connectivity index (χ4n) is 2.53. The molecule has 1 aliphatic rings. The van der Waals surface area contributed by atoms with Crippen molar-refractivity contribution in [2.24, 2.45) is 11.3 Å². The van der Waals surface area contributed by atoms with E-state index in [0.29, 0.717) is 5.92 Å². The summed E-state index contributed by atoms with van der Waals surface area (Å²) in [4.78, 5) is 12.2. The Morgan fingerprint density at radius 1 is 1.29 bits per heavy atom. The zero-order valence-corrected chi connectivity index (χ0v) is 11.2. The van der Waals surface area contributed by atoms with E-state index in [0.717, 1.165) is 22.6 Å². The molecule has 1 fully saturated rings. The van der Waals surface area contributed by atoms with Crippen molar-refractivity contribution >= 4 is 23.5 Å². The van der Waals surface area contributed by atoms with Crippen molar-refractivity contribution < 1.29 is 4.79 Å². The lowest BCUT2D eigenvalue weighted by atomic mass is 9.89. The second-order valence-electron chi connectivity index (χ2n) is 5.47. The van der Waals surface area contributed by atoms with Gasteiger partial charge in [0.25, 0.3) is 0 Å². The highest BCUT2D eigenvalue weighted by Crippen LogP contribution is 2.42. The van der Waals surface area contributed by atoms with Crippen LogP contribution in [0, 0.1) is 11.3 Å². The standard InChI is InChI=1S/C15H17ClO/c1-10-9-15(2,3)14(17)13(10)8-11-4-6-12(16)7-5-11/h4-8,10H,9H2,1-3H3/b13-8-. The van der Waals surface area contributed by atoms with Gasteiger partial charge >= 0.3 is 0 Å². The molecule has 1 aromatic carbocycles. The van der Waals surface area contributed by atoms with E-state index in [1.54, 1.807) is 0 Å². The minimum absolute atomic E-state index is 0.211. The van der Waals surface area contributed by atoms with Crippen LogP contribution in [0.25, 0.3) is 6.08 Å². The molecule has 1 nitrogen and oxygen atoms in total. The number of benzene rings is 1.